The maximum Gasteiger partial charge on any atom is 0.220 e. The first-order valence-electron chi connectivity index (χ1n) is 9.78. The van der Waals surface area contributed by atoms with Gasteiger partial charge in [0.2, 0.25) is 11.7 Å². The topological polar surface area (TPSA) is 85.6 Å². The molecule has 1 N–H and O–H groups in total. The second-order valence-corrected chi connectivity index (χ2v) is 9.03. The molecule has 9 heteroatoms. The second-order valence-electron chi connectivity index (χ2n) is 6.80. The minimum Gasteiger partial charge on any atom is -0.356 e. The first-order chi connectivity index (χ1) is 14.7. The Bertz CT molecular complexity index is 1100. The molecule has 30 heavy (non-hydrogen) atoms. The van der Waals surface area contributed by atoms with E-state index in [4.69, 9.17) is 0 Å². The summed E-state index contributed by atoms with van der Waals surface area (Å²) in [5.74, 6) is 0.647. The number of carbonyl (C=O) groups is 1. The molecule has 0 atom stereocenters. The number of aromatic nitrogens is 5. The number of benzene rings is 1. The molecular weight excluding hydrogens is 416 g/mol. The fraction of sp³-hybridized carbons (Fsp3) is 0.286. The van der Waals surface area contributed by atoms with Crippen molar-refractivity contribution in [3.8, 4) is 22.0 Å². The van der Waals surface area contributed by atoms with Crippen molar-refractivity contribution >= 4 is 28.6 Å². The molecule has 154 valence electrons. The van der Waals surface area contributed by atoms with Crippen LogP contribution in [0, 0.1) is 6.92 Å². The molecule has 0 aliphatic rings. The van der Waals surface area contributed by atoms with E-state index in [1.165, 1.54) is 9.75 Å². The molecule has 0 unspecified atom stereocenters. The van der Waals surface area contributed by atoms with Crippen molar-refractivity contribution in [1.82, 2.24) is 30.5 Å². The number of thiazole rings is 1. The van der Waals surface area contributed by atoms with Crippen LogP contribution in [-0.4, -0.2) is 37.6 Å². The lowest BCUT2D eigenvalue weighted by Crippen LogP contribution is -2.25. The number of amides is 1. The Morgan fingerprint density at radius 3 is 2.83 bits per heavy atom. The van der Waals surface area contributed by atoms with Crippen LogP contribution >= 0.6 is 22.7 Å². The third-order valence-corrected chi connectivity index (χ3v) is 6.41. The van der Waals surface area contributed by atoms with Gasteiger partial charge >= 0.3 is 0 Å². The highest BCUT2D eigenvalue weighted by Crippen LogP contribution is 2.29. The molecule has 0 saturated carbocycles. The summed E-state index contributed by atoms with van der Waals surface area (Å²) in [7, 11) is 0. The van der Waals surface area contributed by atoms with Crippen molar-refractivity contribution in [3.63, 3.8) is 0 Å². The first kappa shape index (κ1) is 20.4. The van der Waals surface area contributed by atoms with E-state index in [9.17, 15) is 4.79 Å². The molecule has 0 radical (unpaired) electrons. The Labute approximate surface area is 182 Å². The number of hydrogen-bond acceptors (Lipinski definition) is 7. The molecule has 1 aromatic carbocycles. The standard InChI is InChI=1S/C21H22N6OS2/c1-15-23-18(14-29-15)19-10-9-17(30-19)11-12-22-20(28)8-5-13-27-25-21(24-26-27)16-6-3-2-4-7-16/h2-4,6-7,9-10,14H,5,8,11-13H2,1H3,(H,22,28). The quantitative estimate of drug-likeness (QED) is 0.427. The van der Waals surface area contributed by atoms with E-state index in [1.54, 1.807) is 27.5 Å². The first-order valence-corrected chi connectivity index (χ1v) is 11.5. The van der Waals surface area contributed by atoms with Gasteiger partial charge in [-0.05, 0) is 37.1 Å². The van der Waals surface area contributed by atoms with Crippen LogP contribution in [0.2, 0.25) is 0 Å². The number of nitrogens with zero attached hydrogens (tertiary/aromatic N) is 5. The largest absolute Gasteiger partial charge is 0.356 e. The van der Waals surface area contributed by atoms with Gasteiger partial charge in [0, 0.05) is 28.8 Å². The Hall–Kier alpha value is -2.91. The minimum atomic E-state index is 0.0466. The number of hydrogen-bond donors (Lipinski definition) is 1. The normalized spacial score (nSPS) is 11.0. The van der Waals surface area contributed by atoms with Gasteiger partial charge in [0.25, 0.3) is 0 Å². The fourth-order valence-electron chi connectivity index (χ4n) is 2.96. The Balaban J connectivity index is 1.16. The summed E-state index contributed by atoms with van der Waals surface area (Å²) >= 11 is 3.39. The summed E-state index contributed by atoms with van der Waals surface area (Å²) in [6.45, 7) is 3.21. The van der Waals surface area contributed by atoms with Crippen molar-refractivity contribution in [2.75, 3.05) is 6.54 Å². The van der Waals surface area contributed by atoms with E-state index < -0.39 is 0 Å². The van der Waals surface area contributed by atoms with E-state index >= 15 is 0 Å². The highest BCUT2D eigenvalue weighted by atomic mass is 32.1. The Morgan fingerprint density at radius 1 is 1.17 bits per heavy atom. The maximum absolute atomic E-state index is 12.1. The van der Waals surface area contributed by atoms with Crippen molar-refractivity contribution in [3.05, 3.63) is 57.7 Å². The van der Waals surface area contributed by atoms with E-state index in [-0.39, 0.29) is 5.91 Å². The third-order valence-electron chi connectivity index (χ3n) is 4.47. The molecule has 7 nitrogen and oxygen atoms in total. The van der Waals surface area contributed by atoms with Crippen LogP contribution in [0.15, 0.2) is 47.8 Å². The van der Waals surface area contributed by atoms with Crippen molar-refractivity contribution in [2.24, 2.45) is 0 Å². The van der Waals surface area contributed by atoms with Crippen molar-refractivity contribution < 1.29 is 4.79 Å². The summed E-state index contributed by atoms with van der Waals surface area (Å²) in [6, 6.07) is 13.9. The number of rotatable bonds is 9. The average molecular weight is 439 g/mol. The van der Waals surface area contributed by atoms with Crippen molar-refractivity contribution in [2.45, 2.75) is 32.7 Å². The van der Waals surface area contributed by atoms with Gasteiger partial charge in [-0.25, -0.2) is 4.98 Å². The smallest absolute Gasteiger partial charge is 0.220 e. The Kier molecular flexibility index (Phi) is 6.60. The van der Waals surface area contributed by atoms with Gasteiger partial charge in [-0.3, -0.25) is 4.79 Å². The van der Waals surface area contributed by atoms with Gasteiger partial charge in [0.05, 0.1) is 22.1 Å². The van der Waals surface area contributed by atoms with Gasteiger partial charge in [-0.1, -0.05) is 30.3 Å². The van der Waals surface area contributed by atoms with Crippen LogP contribution in [-0.2, 0) is 17.8 Å². The van der Waals surface area contributed by atoms with Crippen LogP contribution in [0.4, 0.5) is 0 Å². The fourth-order valence-corrected chi connectivity index (χ4v) is 4.62. The molecule has 0 aliphatic carbocycles. The van der Waals surface area contributed by atoms with Gasteiger partial charge in [-0.2, -0.15) is 4.80 Å². The molecule has 3 heterocycles. The number of aryl methyl sites for hydroxylation is 2. The number of nitrogens with one attached hydrogen (secondary N) is 1. The summed E-state index contributed by atoms with van der Waals surface area (Å²) in [4.78, 5) is 20.6. The molecule has 4 aromatic rings. The van der Waals surface area contributed by atoms with E-state index in [0.717, 1.165) is 22.7 Å². The molecule has 0 aliphatic heterocycles. The van der Waals surface area contributed by atoms with Crippen molar-refractivity contribution in [1.29, 1.82) is 0 Å². The lowest BCUT2D eigenvalue weighted by atomic mass is 10.2. The molecule has 0 saturated heterocycles. The zero-order valence-electron chi connectivity index (χ0n) is 16.6. The lowest BCUT2D eigenvalue weighted by Gasteiger charge is -2.04. The number of thiophene rings is 1. The highest BCUT2D eigenvalue weighted by molar-refractivity contribution is 7.16. The summed E-state index contributed by atoms with van der Waals surface area (Å²) in [5.41, 5.74) is 1.97. The van der Waals surface area contributed by atoms with Gasteiger partial charge in [-0.15, -0.1) is 32.9 Å². The monoisotopic (exact) mass is 438 g/mol. The Morgan fingerprint density at radius 2 is 2.03 bits per heavy atom. The van der Waals surface area contributed by atoms with Gasteiger partial charge in [0.1, 0.15) is 0 Å². The minimum absolute atomic E-state index is 0.0466. The van der Waals surface area contributed by atoms with Crippen LogP contribution in [0.3, 0.4) is 0 Å². The lowest BCUT2D eigenvalue weighted by molar-refractivity contribution is -0.121. The van der Waals surface area contributed by atoms with Crippen LogP contribution in [0.5, 0.6) is 0 Å². The molecule has 4 rings (SSSR count). The summed E-state index contributed by atoms with van der Waals surface area (Å²) in [6.07, 6.45) is 1.93. The molecular formula is C21H22N6OS2. The SMILES string of the molecule is Cc1nc(-c2ccc(CCNC(=O)CCCn3nnc(-c4ccccc4)n3)s2)cs1. The van der Waals surface area contributed by atoms with Crippen LogP contribution < -0.4 is 5.32 Å². The van der Waals surface area contributed by atoms with E-state index in [2.05, 4.69) is 43.2 Å². The highest BCUT2D eigenvalue weighted by Gasteiger charge is 2.08. The third kappa shape index (κ3) is 5.37. The second kappa shape index (κ2) is 9.73. The van der Waals surface area contributed by atoms with Crippen LogP contribution in [0.25, 0.3) is 22.0 Å². The maximum atomic E-state index is 12.1. The summed E-state index contributed by atoms with van der Waals surface area (Å²) < 4.78 is 0. The van der Waals surface area contributed by atoms with Gasteiger partial charge in [0.15, 0.2) is 0 Å². The zero-order valence-corrected chi connectivity index (χ0v) is 18.2. The zero-order chi connectivity index (χ0) is 20.8. The average Bonchev–Trinajstić information content (AvgIpc) is 3.50. The predicted molar refractivity (Wildman–Crippen MR) is 119 cm³/mol. The molecule has 0 spiro atoms. The van der Waals surface area contributed by atoms with Crippen LogP contribution in [0.1, 0.15) is 22.7 Å². The number of tetrazole rings is 1. The predicted octanol–water partition coefficient (Wildman–Crippen LogP) is 3.97. The summed E-state index contributed by atoms with van der Waals surface area (Å²) in [5, 5.41) is 18.6. The molecule has 0 bridgehead atoms. The molecule has 0 fully saturated rings. The van der Waals surface area contributed by atoms with E-state index in [1.807, 2.05) is 37.3 Å². The van der Waals surface area contributed by atoms with E-state index in [0.29, 0.717) is 31.8 Å². The number of carbonyl (C=O) groups excluding carboxylic acids is 1. The molecule has 1 amide bonds. The van der Waals surface area contributed by atoms with Gasteiger partial charge < -0.3 is 5.32 Å². The molecule has 3 aromatic heterocycles.